The quantitative estimate of drug-likeness (QED) is 0.665. The van der Waals surface area contributed by atoms with Gasteiger partial charge < -0.3 is 9.84 Å². The number of hydrogen-bond acceptors (Lipinski definition) is 3. The fraction of sp³-hybridized carbons (Fsp3) is 0.250. The Kier molecular flexibility index (Phi) is 1.46. The van der Waals surface area contributed by atoms with Crippen LogP contribution in [-0.2, 0) is 6.42 Å². The van der Waals surface area contributed by atoms with E-state index >= 15 is 0 Å². The van der Waals surface area contributed by atoms with Crippen molar-refractivity contribution in [2.75, 3.05) is 6.61 Å². The third-order valence-corrected chi connectivity index (χ3v) is 1.75. The van der Waals surface area contributed by atoms with Crippen molar-refractivity contribution in [2.24, 2.45) is 0 Å². The van der Waals surface area contributed by atoms with E-state index in [0.29, 0.717) is 18.8 Å². The van der Waals surface area contributed by atoms with Gasteiger partial charge in [0.05, 0.1) is 12.3 Å². The van der Waals surface area contributed by atoms with Gasteiger partial charge in [0.1, 0.15) is 11.4 Å². The van der Waals surface area contributed by atoms with Gasteiger partial charge >= 0.3 is 5.97 Å². The van der Waals surface area contributed by atoms with Gasteiger partial charge in [-0.3, -0.25) is 0 Å². The van der Waals surface area contributed by atoms with Crippen LogP contribution in [0.1, 0.15) is 16.2 Å². The lowest BCUT2D eigenvalue weighted by atomic mass is 10.2. The molecule has 4 heteroatoms. The van der Waals surface area contributed by atoms with Gasteiger partial charge in [0.2, 0.25) is 0 Å². The highest BCUT2D eigenvalue weighted by molar-refractivity contribution is 5.85. The molecule has 0 amide bonds. The zero-order valence-corrected chi connectivity index (χ0v) is 6.28. The summed E-state index contributed by atoms with van der Waals surface area (Å²) in [5, 5.41) is 8.61. The first-order chi connectivity index (χ1) is 5.77. The van der Waals surface area contributed by atoms with E-state index in [0.717, 1.165) is 5.69 Å². The van der Waals surface area contributed by atoms with Crippen LogP contribution in [0.3, 0.4) is 0 Å². The Bertz CT molecular complexity index is 335. The van der Waals surface area contributed by atoms with E-state index in [1.807, 2.05) is 0 Å². The molecule has 0 saturated heterocycles. The maximum Gasteiger partial charge on any atom is 0.354 e. The Morgan fingerprint density at radius 2 is 2.42 bits per heavy atom. The standard InChI is InChI=1S/C8H7NO3/c10-8(11)6-1-2-7-5(9-6)3-4-12-7/h1-2H,3-4H2,(H,10,11). The van der Waals surface area contributed by atoms with Crippen LogP contribution < -0.4 is 4.74 Å². The van der Waals surface area contributed by atoms with Crippen molar-refractivity contribution in [3.63, 3.8) is 0 Å². The molecule has 0 spiro atoms. The summed E-state index contributed by atoms with van der Waals surface area (Å²) in [4.78, 5) is 14.4. The van der Waals surface area contributed by atoms with Crippen LogP contribution >= 0.6 is 0 Å². The summed E-state index contributed by atoms with van der Waals surface area (Å²) in [6, 6.07) is 3.10. The van der Waals surface area contributed by atoms with Crippen molar-refractivity contribution < 1.29 is 14.6 Å². The van der Waals surface area contributed by atoms with E-state index in [2.05, 4.69) is 4.98 Å². The summed E-state index contributed by atoms with van der Waals surface area (Å²) in [6.07, 6.45) is 0.705. The average Bonchev–Trinajstić information content (AvgIpc) is 2.49. The predicted octanol–water partition coefficient (Wildman–Crippen LogP) is 0.715. The lowest BCUT2D eigenvalue weighted by Crippen LogP contribution is -2.01. The Hall–Kier alpha value is -1.58. The highest BCUT2D eigenvalue weighted by Crippen LogP contribution is 2.22. The summed E-state index contributed by atoms with van der Waals surface area (Å²) < 4.78 is 5.18. The van der Waals surface area contributed by atoms with Crippen LogP contribution in [0.15, 0.2) is 12.1 Å². The Morgan fingerprint density at radius 1 is 1.58 bits per heavy atom. The summed E-state index contributed by atoms with van der Waals surface area (Å²) in [5.74, 6) is -0.287. The number of rotatable bonds is 1. The molecule has 0 atom stereocenters. The highest BCUT2D eigenvalue weighted by Gasteiger charge is 2.15. The van der Waals surface area contributed by atoms with Gasteiger partial charge in [0.25, 0.3) is 0 Å². The number of nitrogens with zero attached hydrogens (tertiary/aromatic N) is 1. The van der Waals surface area contributed by atoms with Crippen LogP contribution in [0.5, 0.6) is 5.75 Å². The fourth-order valence-electron chi connectivity index (χ4n) is 1.18. The molecule has 62 valence electrons. The highest BCUT2D eigenvalue weighted by atomic mass is 16.5. The SMILES string of the molecule is O=C(O)c1ccc2c(n1)CCO2. The molecule has 0 fully saturated rings. The van der Waals surface area contributed by atoms with Gasteiger partial charge in [-0.1, -0.05) is 0 Å². The lowest BCUT2D eigenvalue weighted by Gasteiger charge is -1.97. The zero-order valence-electron chi connectivity index (χ0n) is 6.28. The number of pyridine rings is 1. The molecule has 0 aliphatic carbocycles. The van der Waals surface area contributed by atoms with E-state index in [1.54, 1.807) is 6.07 Å². The minimum Gasteiger partial charge on any atom is -0.491 e. The normalized spacial score (nSPS) is 13.7. The first-order valence-corrected chi connectivity index (χ1v) is 3.63. The second-order valence-corrected chi connectivity index (χ2v) is 2.54. The number of hydrogen-bond donors (Lipinski definition) is 1. The Labute approximate surface area is 68.8 Å². The molecule has 0 bridgehead atoms. The van der Waals surface area contributed by atoms with Gasteiger partial charge in [-0.05, 0) is 12.1 Å². The monoisotopic (exact) mass is 165 g/mol. The van der Waals surface area contributed by atoms with E-state index < -0.39 is 5.97 Å². The van der Waals surface area contributed by atoms with Crippen LogP contribution in [0.25, 0.3) is 0 Å². The van der Waals surface area contributed by atoms with Crippen LogP contribution in [0.2, 0.25) is 0 Å². The van der Waals surface area contributed by atoms with Crippen LogP contribution in [-0.4, -0.2) is 22.7 Å². The number of carbonyl (C=O) groups is 1. The number of fused-ring (bicyclic) bond motifs is 1. The maximum atomic E-state index is 10.5. The average molecular weight is 165 g/mol. The molecule has 1 aromatic rings. The van der Waals surface area contributed by atoms with Crippen molar-refractivity contribution >= 4 is 5.97 Å². The number of aromatic nitrogens is 1. The molecule has 2 heterocycles. The topological polar surface area (TPSA) is 59.4 Å². The van der Waals surface area contributed by atoms with Crippen molar-refractivity contribution in [1.82, 2.24) is 4.98 Å². The molecule has 0 saturated carbocycles. The molecule has 1 N–H and O–H groups in total. The largest absolute Gasteiger partial charge is 0.491 e. The minimum atomic E-state index is -0.996. The fourth-order valence-corrected chi connectivity index (χ4v) is 1.18. The first kappa shape index (κ1) is 7.09. The predicted molar refractivity (Wildman–Crippen MR) is 40.4 cm³/mol. The summed E-state index contributed by atoms with van der Waals surface area (Å²) in [5.41, 5.74) is 0.828. The van der Waals surface area contributed by atoms with E-state index in [9.17, 15) is 4.79 Å². The van der Waals surface area contributed by atoms with Crippen molar-refractivity contribution in [2.45, 2.75) is 6.42 Å². The van der Waals surface area contributed by atoms with Crippen LogP contribution in [0.4, 0.5) is 0 Å². The third-order valence-electron chi connectivity index (χ3n) is 1.75. The van der Waals surface area contributed by atoms with Crippen molar-refractivity contribution in [3.8, 4) is 5.75 Å². The van der Waals surface area contributed by atoms with Gasteiger partial charge in [0.15, 0.2) is 0 Å². The minimum absolute atomic E-state index is 0.0826. The smallest absolute Gasteiger partial charge is 0.354 e. The zero-order chi connectivity index (χ0) is 8.55. The number of aromatic carboxylic acids is 1. The summed E-state index contributed by atoms with van der Waals surface area (Å²) in [6.45, 7) is 0.603. The third kappa shape index (κ3) is 1.01. The van der Waals surface area contributed by atoms with E-state index in [1.165, 1.54) is 6.07 Å². The lowest BCUT2D eigenvalue weighted by molar-refractivity contribution is 0.0690. The first-order valence-electron chi connectivity index (χ1n) is 3.63. The molecule has 1 aliphatic rings. The van der Waals surface area contributed by atoms with E-state index in [-0.39, 0.29) is 5.69 Å². The Morgan fingerprint density at radius 3 is 3.17 bits per heavy atom. The number of carboxylic acids is 1. The molecule has 0 aromatic carbocycles. The molecular formula is C8H7NO3. The van der Waals surface area contributed by atoms with Crippen LogP contribution in [0, 0.1) is 0 Å². The van der Waals surface area contributed by atoms with E-state index in [4.69, 9.17) is 9.84 Å². The molecule has 0 unspecified atom stereocenters. The van der Waals surface area contributed by atoms with Gasteiger partial charge in [0, 0.05) is 6.42 Å². The molecule has 0 radical (unpaired) electrons. The van der Waals surface area contributed by atoms with Crippen molar-refractivity contribution in [3.05, 3.63) is 23.5 Å². The molecular weight excluding hydrogens is 158 g/mol. The Balaban J connectivity index is 2.45. The van der Waals surface area contributed by atoms with Gasteiger partial charge in [-0.2, -0.15) is 0 Å². The summed E-state index contributed by atoms with van der Waals surface area (Å²) >= 11 is 0. The second-order valence-electron chi connectivity index (χ2n) is 2.54. The molecule has 2 rings (SSSR count). The molecule has 4 nitrogen and oxygen atoms in total. The molecule has 1 aromatic heterocycles. The molecule has 12 heavy (non-hydrogen) atoms. The second kappa shape index (κ2) is 2.48. The molecule has 1 aliphatic heterocycles. The number of carboxylic acid groups (broad SMARTS) is 1. The summed E-state index contributed by atoms with van der Waals surface area (Å²) in [7, 11) is 0. The van der Waals surface area contributed by atoms with Crippen molar-refractivity contribution in [1.29, 1.82) is 0 Å². The number of ether oxygens (including phenoxy) is 1. The van der Waals surface area contributed by atoms with Gasteiger partial charge in [-0.25, -0.2) is 9.78 Å². The maximum absolute atomic E-state index is 10.5. The van der Waals surface area contributed by atoms with Gasteiger partial charge in [-0.15, -0.1) is 0 Å².